The summed E-state index contributed by atoms with van der Waals surface area (Å²) in [5, 5.41) is 0. The van der Waals surface area contributed by atoms with E-state index >= 15 is 0 Å². The van der Waals surface area contributed by atoms with Gasteiger partial charge in [0.1, 0.15) is 0 Å². The van der Waals surface area contributed by atoms with E-state index in [0.717, 1.165) is 55.8 Å². The molecule has 3 aliphatic rings. The predicted molar refractivity (Wildman–Crippen MR) is 158 cm³/mol. The minimum absolute atomic E-state index is 0.0975. The topological polar surface area (TPSA) is 23.6 Å². The number of nitrogens with zero attached hydrogens (tertiary/aromatic N) is 2. The lowest BCUT2D eigenvalue weighted by atomic mass is 9.67. The molecule has 0 unspecified atom stereocenters. The molecule has 6 rings (SSSR count). The summed E-state index contributed by atoms with van der Waals surface area (Å²) in [6.45, 7) is 5.01. The lowest BCUT2D eigenvalue weighted by molar-refractivity contribution is -0.138. The highest BCUT2D eigenvalue weighted by Gasteiger charge is 2.48. The zero-order chi connectivity index (χ0) is 26.0. The van der Waals surface area contributed by atoms with Crippen LogP contribution in [0.25, 0.3) is 0 Å². The van der Waals surface area contributed by atoms with Crippen LogP contribution in [0.15, 0.2) is 89.4 Å². The van der Waals surface area contributed by atoms with E-state index in [9.17, 15) is 4.79 Å². The lowest BCUT2D eigenvalue weighted by Gasteiger charge is -2.37. The molecule has 0 radical (unpaired) electrons. The summed E-state index contributed by atoms with van der Waals surface area (Å²) in [6, 6.07) is 30.5. The van der Waals surface area contributed by atoms with Gasteiger partial charge < -0.3 is 4.90 Å². The van der Waals surface area contributed by atoms with E-state index in [1.807, 2.05) is 0 Å². The zero-order valence-corrected chi connectivity index (χ0v) is 23.9. The Morgan fingerprint density at radius 1 is 0.763 bits per heavy atom. The van der Waals surface area contributed by atoms with E-state index < -0.39 is 0 Å². The zero-order valence-electron chi connectivity index (χ0n) is 22.3. The van der Waals surface area contributed by atoms with Crippen LogP contribution in [0.4, 0.5) is 0 Å². The molecule has 1 saturated carbocycles. The molecule has 3 nitrogen and oxygen atoms in total. The summed E-state index contributed by atoms with van der Waals surface area (Å²) < 4.78 is 1.09. The first-order valence-electron chi connectivity index (χ1n) is 14.4. The summed E-state index contributed by atoms with van der Waals surface area (Å²) in [4.78, 5) is 18.4. The van der Waals surface area contributed by atoms with Crippen molar-refractivity contribution in [2.24, 2.45) is 17.3 Å². The Bertz CT molecular complexity index is 1200. The van der Waals surface area contributed by atoms with E-state index in [4.69, 9.17) is 0 Å². The van der Waals surface area contributed by atoms with Crippen molar-refractivity contribution in [2.75, 3.05) is 19.6 Å². The highest BCUT2D eigenvalue weighted by molar-refractivity contribution is 9.10. The average Bonchev–Trinajstić information content (AvgIpc) is 3.48. The van der Waals surface area contributed by atoms with Gasteiger partial charge in [-0.25, -0.2) is 0 Å². The number of amides is 1. The van der Waals surface area contributed by atoms with E-state index in [-0.39, 0.29) is 5.41 Å². The molecular weight excluding hydrogens is 532 g/mol. The second-order valence-electron chi connectivity index (χ2n) is 12.0. The Morgan fingerprint density at radius 2 is 1.42 bits per heavy atom. The maximum Gasteiger partial charge on any atom is 0.229 e. The second-order valence-corrected chi connectivity index (χ2v) is 12.9. The van der Waals surface area contributed by atoms with Crippen LogP contribution < -0.4 is 0 Å². The molecule has 4 heteroatoms. The standard InChI is InChI=1S/C34H39BrN2O/c35-31-13-11-28(12-14-31)23-37-20-19-34(33(37)38)17-15-26(16-18-34)21-30-24-36(22-27-7-3-1-4-8-27)25-32(30)29-9-5-2-6-10-29/h1-14,26,30,32H,15-25H2/t26?,30-,32+,34?/m0/s1. The number of hydrogen-bond acceptors (Lipinski definition) is 2. The van der Waals surface area contributed by atoms with Crippen LogP contribution in [-0.2, 0) is 17.9 Å². The van der Waals surface area contributed by atoms with Gasteiger partial charge in [0.15, 0.2) is 0 Å². The molecule has 1 aliphatic carbocycles. The SMILES string of the molecule is O=C1N(Cc2ccc(Br)cc2)CCC12CCC(C[C@H]1CN(Cc3ccccc3)C[C@@H]1c1ccccc1)CC2. The minimum atomic E-state index is -0.0975. The molecule has 3 aromatic rings. The third kappa shape index (κ3) is 5.62. The minimum Gasteiger partial charge on any atom is -0.338 e. The van der Waals surface area contributed by atoms with Crippen LogP contribution in [0.5, 0.6) is 0 Å². The number of likely N-dealkylation sites (tertiary alicyclic amines) is 2. The van der Waals surface area contributed by atoms with Crippen molar-refractivity contribution in [3.63, 3.8) is 0 Å². The van der Waals surface area contributed by atoms with Gasteiger partial charge in [-0.15, -0.1) is 0 Å². The molecule has 0 N–H and O–H groups in total. The molecular formula is C34H39BrN2O. The first-order chi connectivity index (χ1) is 18.6. The van der Waals surface area contributed by atoms with Crippen molar-refractivity contribution in [1.82, 2.24) is 9.80 Å². The van der Waals surface area contributed by atoms with Crippen molar-refractivity contribution in [1.29, 1.82) is 0 Å². The molecule has 2 heterocycles. The Hall–Kier alpha value is -2.43. The third-order valence-electron chi connectivity index (χ3n) is 9.58. The summed E-state index contributed by atoms with van der Waals surface area (Å²) in [6.07, 6.45) is 6.88. The van der Waals surface area contributed by atoms with Gasteiger partial charge in [-0.2, -0.15) is 0 Å². The number of benzene rings is 3. The Kier molecular flexibility index (Phi) is 7.72. The number of rotatable bonds is 7. The van der Waals surface area contributed by atoms with Crippen molar-refractivity contribution in [3.8, 4) is 0 Å². The van der Waals surface area contributed by atoms with Gasteiger partial charge in [-0.05, 0) is 79.2 Å². The molecule has 2 aliphatic heterocycles. The van der Waals surface area contributed by atoms with Crippen LogP contribution in [0.1, 0.15) is 61.1 Å². The molecule has 3 fully saturated rings. The number of carbonyl (C=O) groups is 1. The fourth-order valence-corrected chi connectivity index (χ4v) is 7.72. The van der Waals surface area contributed by atoms with E-state index in [2.05, 4.69) is 111 Å². The van der Waals surface area contributed by atoms with Crippen LogP contribution in [0, 0.1) is 17.3 Å². The van der Waals surface area contributed by atoms with Crippen molar-refractivity contribution >= 4 is 21.8 Å². The van der Waals surface area contributed by atoms with Crippen LogP contribution >= 0.6 is 15.9 Å². The van der Waals surface area contributed by atoms with Gasteiger partial charge in [0, 0.05) is 43.1 Å². The summed E-state index contributed by atoms with van der Waals surface area (Å²) in [5.41, 5.74) is 4.03. The van der Waals surface area contributed by atoms with Gasteiger partial charge in [-0.1, -0.05) is 88.7 Å². The molecule has 2 atom stereocenters. The van der Waals surface area contributed by atoms with Crippen molar-refractivity contribution < 1.29 is 4.79 Å². The maximum absolute atomic E-state index is 13.6. The number of carbonyl (C=O) groups excluding carboxylic acids is 1. The van der Waals surface area contributed by atoms with Crippen LogP contribution in [0.3, 0.4) is 0 Å². The lowest BCUT2D eigenvalue weighted by Crippen LogP contribution is -2.37. The Balaban J connectivity index is 1.08. The first-order valence-corrected chi connectivity index (χ1v) is 15.2. The molecule has 1 spiro atoms. The van der Waals surface area contributed by atoms with E-state index in [1.54, 1.807) is 0 Å². The van der Waals surface area contributed by atoms with Crippen molar-refractivity contribution in [3.05, 3.63) is 106 Å². The molecule has 3 aromatic carbocycles. The van der Waals surface area contributed by atoms with Gasteiger partial charge in [0.2, 0.25) is 5.91 Å². The molecule has 198 valence electrons. The Morgan fingerprint density at radius 3 is 2.13 bits per heavy atom. The second kappa shape index (κ2) is 11.4. The average molecular weight is 572 g/mol. The molecule has 1 amide bonds. The van der Waals surface area contributed by atoms with Gasteiger partial charge in [0.05, 0.1) is 5.41 Å². The van der Waals surface area contributed by atoms with Crippen LogP contribution in [0.2, 0.25) is 0 Å². The Labute approximate surface area is 236 Å². The number of halogens is 1. The van der Waals surface area contributed by atoms with Crippen molar-refractivity contribution in [2.45, 2.75) is 57.5 Å². The van der Waals surface area contributed by atoms with E-state index in [0.29, 0.717) is 17.7 Å². The van der Waals surface area contributed by atoms with Gasteiger partial charge in [0.25, 0.3) is 0 Å². The fourth-order valence-electron chi connectivity index (χ4n) is 7.46. The smallest absolute Gasteiger partial charge is 0.229 e. The normalized spacial score (nSPS) is 27.9. The van der Waals surface area contributed by atoms with Gasteiger partial charge in [-0.3, -0.25) is 9.69 Å². The quantitative estimate of drug-likeness (QED) is 0.291. The number of hydrogen-bond donors (Lipinski definition) is 0. The third-order valence-corrected chi connectivity index (χ3v) is 10.1. The highest BCUT2D eigenvalue weighted by Crippen LogP contribution is 2.49. The summed E-state index contributed by atoms with van der Waals surface area (Å²) >= 11 is 3.52. The van der Waals surface area contributed by atoms with Crippen LogP contribution in [-0.4, -0.2) is 35.3 Å². The largest absolute Gasteiger partial charge is 0.338 e. The molecule has 38 heavy (non-hydrogen) atoms. The summed E-state index contributed by atoms with van der Waals surface area (Å²) in [5.74, 6) is 2.44. The summed E-state index contributed by atoms with van der Waals surface area (Å²) in [7, 11) is 0. The first kappa shape index (κ1) is 25.8. The fraction of sp³-hybridized carbons (Fsp3) is 0.441. The molecule has 0 aromatic heterocycles. The molecule has 2 saturated heterocycles. The maximum atomic E-state index is 13.6. The van der Waals surface area contributed by atoms with E-state index in [1.165, 1.54) is 42.5 Å². The molecule has 0 bridgehead atoms. The highest BCUT2D eigenvalue weighted by atomic mass is 79.9. The van der Waals surface area contributed by atoms with Gasteiger partial charge >= 0.3 is 0 Å². The monoisotopic (exact) mass is 570 g/mol. The predicted octanol–water partition coefficient (Wildman–Crippen LogP) is 7.66.